The first-order valence-corrected chi connectivity index (χ1v) is 9.48. The molecule has 0 spiro atoms. The van der Waals surface area contributed by atoms with Crippen molar-refractivity contribution in [1.29, 1.82) is 0 Å². The molecule has 0 aromatic heterocycles. The van der Waals surface area contributed by atoms with Crippen LogP contribution in [0.2, 0.25) is 0 Å². The van der Waals surface area contributed by atoms with Gasteiger partial charge in [-0.3, -0.25) is 0 Å². The minimum atomic E-state index is 0. The van der Waals surface area contributed by atoms with Gasteiger partial charge >= 0.3 is 26.2 Å². The van der Waals surface area contributed by atoms with Crippen LogP contribution < -0.4 is 0 Å². The molecule has 0 nitrogen and oxygen atoms in total. The summed E-state index contributed by atoms with van der Waals surface area (Å²) in [5.74, 6) is 0. The second-order valence-corrected chi connectivity index (χ2v) is 6.23. The van der Waals surface area contributed by atoms with E-state index in [-0.39, 0.29) is 51.0 Å². The molecule has 0 saturated heterocycles. The van der Waals surface area contributed by atoms with Crippen LogP contribution in [0.4, 0.5) is 0 Å². The third kappa shape index (κ3) is 10.6. The van der Waals surface area contributed by atoms with Gasteiger partial charge in [0.2, 0.25) is 0 Å². The second kappa shape index (κ2) is 17.5. The summed E-state index contributed by atoms with van der Waals surface area (Å²) >= 11 is 0. The quantitative estimate of drug-likeness (QED) is 0.174. The van der Waals surface area contributed by atoms with Crippen molar-refractivity contribution in [3.8, 4) is 0 Å². The van der Waals surface area contributed by atoms with Gasteiger partial charge in [-0.15, -0.1) is 84.1 Å². The molecule has 0 bridgehead atoms. The Morgan fingerprint density at radius 2 is 0.742 bits per heavy atom. The first-order chi connectivity index (χ1) is 13.9. The van der Waals surface area contributed by atoms with E-state index in [1.807, 2.05) is 60.7 Å². The van der Waals surface area contributed by atoms with Crippen molar-refractivity contribution in [2.75, 3.05) is 0 Å². The van der Waals surface area contributed by atoms with Crippen LogP contribution in [-0.4, -0.2) is 0 Å². The Kier molecular flexibility index (Phi) is 16.3. The van der Waals surface area contributed by atoms with Gasteiger partial charge in [-0.25, -0.2) is 24.3 Å². The van der Waals surface area contributed by atoms with Crippen LogP contribution in [0.25, 0.3) is 21.5 Å². The molecule has 6 rings (SSSR count). The molecule has 0 amide bonds. The summed E-state index contributed by atoms with van der Waals surface area (Å²) in [6.45, 7) is 0. The normalized spacial score (nSPS) is 8.52. The maximum absolute atomic E-state index is 2.12. The molecule has 0 saturated carbocycles. The molecule has 0 radical (unpaired) electrons. The van der Waals surface area contributed by atoms with E-state index in [4.69, 9.17) is 0 Å². The van der Waals surface area contributed by atoms with Crippen LogP contribution in [0, 0.1) is 0 Å². The second-order valence-electron chi connectivity index (χ2n) is 6.23. The van der Waals surface area contributed by atoms with Crippen molar-refractivity contribution in [2.45, 2.75) is 0 Å². The van der Waals surface area contributed by atoms with E-state index < -0.39 is 0 Å². The van der Waals surface area contributed by atoms with Gasteiger partial charge in [-0.2, -0.15) is 71.4 Å². The number of halogens is 2. The predicted molar refractivity (Wildman–Crippen MR) is 138 cm³/mol. The number of rotatable bonds is 0. The number of hydrogen-bond donors (Lipinski definition) is 0. The zero-order valence-electron chi connectivity index (χ0n) is 17.2. The van der Waals surface area contributed by atoms with E-state index in [1.54, 1.807) is 0 Å². The van der Waals surface area contributed by atoms with Crippen molar-refractivity contribution >= 4 is 46.4 Å². The molecule has 6 aromatic carbocycles. The summed E-state index contributed by atoms with van der Waals surface area (Å²) in [5.41, 5.74) is 0. The molecule has 0 N–H and O–H groups in total. The molecular weight excluding hydrogens is 498 g/mol. The summed E-state index contributed by atoms with van der Waals surface area (Å²) in [7, 11) is 0. The van der Waals surface area contributed by atoms with Gasteiger partial charge in [0.1, 0.15) is 0 Å². The van der Waals surface area contributed by atoms with Crippen LogP contribution in [0.15, 0.2) is 146 Å². The summed E-state index contributed by atoms with van der Waals surface area (Å²) in [6, 6.07) is 49.3. The minimum absolute atomic E-state index is 0. The summed E-state index contributed by atoms with van der Waals surface area (Å²) in [5, 5.41) is 5.32. The van der Waals surface area contributed by atoms with E-state index in [0.29, 0.717) is 0 Å². The average molecular weight is 525 g/mol. The Labute approximate surface area is 216 Å². The summed E-state index contributed by atoms with van der Waals surface area (Å²) in [4.78, 5) is 0. The molecule has 156 valence electrons. The third-order valence-corrected chi connectivity index (χ3v) is 4.21. The van der Waals surface area contributed by atoms with Crippen LogP contribution in [0.3, 0.4) is 0 Å². The van der Waals surface area contributed by atoms with Gasteiger partial charge in [-0.05, 0) is 0 Å². The van der Waals surface area contributed by atoms with Crippen molar-refractivity contribution in [1.82, 2.24) is 0 Å². The number of benzene rings is 2. The molecule has 0 aliphatic carbocycles. The van der Waals surface area contributed by atoms with Crippen molar-refractivity contribution in [2.24, 2.45) is 0 Å². The van der Waals surface area contributed by atoms with Crippen LogP contribution in [0.5, 0.6) is 0 Å². The van der Waals surface area contributed by atoms with Crippen molar-refractivity contribution < 1.29 is 26.2 Å². The molecule has 6 aromatic rings. The van der Waals surface area contributed by atoms with Crippen LogP contribution in [0.1, 0.15) is 0 Å². The Balaban J connectivity index is 0.000000388. The largest absolute Gasteiger partial charge is 4.00 e. The van der Waals surface area contributed by atoms with E-state index in [1.165, 1.54) is 21.5 Å². The average Bonchev–Trinajstić information content (AvgIpc) is 3.56. The molecule has 0 aliphatic rings. The van der Waals surface area contributed by atoms with Crippen molar-refractivity contribution in [3.05, 3.63) is 146 Å². The molecule has 0 aliphatic heterocycles. The van der Waals surface area contributed by atoms with Gasteiger partial charge in [-0.1, -0.05) is 12.1 Å². The molecule has 0 heterocycles. The Bertz CT molecular complexity index is 929. The summed E-state index contributed by atoms with van der Waals surface area (Å²) < 4.78 is 0. The zero-order valence-corrected chi connectivity index (χ0v) is 21.3. The van der Waals surface area contributed by atoms with Gasteiger partial charge in [0.05, 0.1) is 0 Å². The molecule has 0 unspecified atom stereocenters. The Morgan fingerprint density at radius 3 is 1.03 bits per heavy atom. The monoisotopic (exact) mass is 522 g/mol. The Hall–Kier alpha value is -2.18. The van der Waals surface area contributed by atoms with E-state index >= 15 is 0 Å². The maximum Gasteiger partial charge on any atom is 4.00 e. The fourth-order valence-corrected chi connectivity index (χ4v) is 2.78. The minimum Gasteiger partial charge on any atom is -0.214 e. The fraction of sp³-hybridized carbons (Fsp3) is 0. The van der Waals surface area contributed by atoms with Gasteiger partial charge < -0.3 is 0 Å². The van der Waals surface area contributed by atoms with Gasteiger partial charge in [0, 0.05) is 0 Å². The SMILES string of the molecule is Cl.Cl.[Zr+4].c1cc[cH-]c1.c1cc[cH-]c1.c1ccc2[cH-]ccc2c1.c1ccc2[cH-]ccc2c1. The predicted octanol–water partition coefficient (Wildman–Crippen LogP) is 8.77. The Morgan fingerprint density at radius 1 is 0.387 bits per heavy atom. The third-order valence-electron chi connectivity index (χ3n) is 4.21. The van der Waals surface area contributed by atoms with Crippen molar-refractivity contribution in [3.63, 3.8) is 0 Å². The molecule has 31 heavy (non-hydrogen) atoms. The standard InChI is InChI=1S/2C9H7.2C5H5.2ClH.Zr/c2*1-2-5-9-7-3-6-8(9)4-1;2*1-2-4-5-3-1;;;/h2*1-7H;2*1-5H;2*1H;/q4*-1;;;+4. The fourth-order valence-electron chi connectivity index (χ4n) is 2.78. The molecular formula is C28H26Cl2Zr. The molecule has 0 atom stereocenters. The first kappa shape index (κ1) is 28.8. The van der Waals surface area contributed by atoms with E-state index in [2.05, 4.69) is 84.9 Å². The summed E-state index contributed by atoms with van der Waals surface area (Å²) in [6.07, 6.45) is 0. The molecule has 0 fully saturated rings. The van der Waals surface area contributed by atoms with Gasteiger partial charge in [0.15, 0.2) is 0 Å². The van der Waals surface area contributed by atoms with E-state index in [9.17, 15) is 0 Å². The van der Waals surface area contributed by atoms with E-state index in [0.717, 1.165) is 0 Å². The van der Waals surface area contributed by atoms with Crippen LogP contribution in [-0.2, 0) is 26.2 Å². The zero-order chi connectivity index (χ0) is 19.3. The van der Waals surface area contributed by atoms with Gasteiger partial charge in [0.25, 0.3) is 0 Å². The first-order valence-electron chi connectivity index (χ1n) is 9.48. The molecule has 3 heteroatoms. The smallest absolute Gasteiger partial charge is 0.214 e. The number of fused-ring (bicyclic) bond motifs is 2. The van der Waals surface area contributed by atoms with Crippen LogP contribution >= 0.6 is 24.8 Å². The topological polar surface area (TPSA) is 0 Å². The number of hydrogen-bond acceptors (Lipinski definition) is 0. The maximum atomic E-state index is 2.12.